The third-order valence-electron chi connectivity index (χ3n) is 2.47. The van der Waals surface area contributed by atoms with Crippen molar-refractivity contribution in [2.45, 2.75) is 13.8 Å². The van der Waals surface area contributed by atoms with Gasteiger partial charge in [-0.05, 0) is 0 Å². The molecule has 0 aliphatic carbocycles. The molecule has 0 amide bonds. The van der Waals surface area contributed by atoms with E-state index in [-0.39, 0.29) is 19.1 Å². The Morgan fingerprint density at radius 3 is 1.50 bits per heavy atom. The van der Waals surface area contributed by atoms with Gasteiger partial charge in [-0.2, -0.15) is 13.5 Å². The maximum absolute atomic E-state index is 13.4. The fourth-order valence-electron chi connectivity index (χ4n) is 1.54. The number of halogens is 5. The molecule has 0 fully saturated rings. The van der Waals surface area contributed by atoms with E-state index in [1.807, 2.05) is 13.8 Å². The minimum absolute atomic E-state index is 0. The van der Waals surface area contributed by atoms with Crippen LogP contribution in [0.5, 0.6) is 0 Å². The molecule has 2 aromatic carbocycles. The molecule has 0 unspecified atom stereocenters. The number of benzene rings is 2. The highest BCUT2D eigenvalue weighted by Gasteiger charge is 2.29. The maximum atomic E-state index is 13.4. The van der Waals surface area contributed by atoms with Crippen molar-refractivity contribution >= 4 is 19.3 Å². The van der Waals surface area contributed by atoms with Gasteiger partial charge in [0.15, 0.2) is 29.1 Å². The fraction of sp³-hybridized carbons (Fsp3) is 0.133. The molecule has 0 aromatic heterocycles. The fourth-order valence-corrected chi connectivity index (χ4v) is 1.54. The summed E-state index contributed by atoms with van der Waals surface area (Å²) in [6, 6.07) is 6.76. The largest absolute Gasteiger partial charge is 0.288 e. The van der Waals surface area contributed by atoms with Crippen LogP contribution in [0.15, 0.2) is 30.3 Å². The van der Waals surface area contributed by atoms with E-state index in [0.717, 1.165) is 0 Å². The zero-order chi connectivity index (χ0) is 16.2. The second kappa shape index (κ2) is 8.53. The molecule has 120 valence electrons. The van der Waals surface area contributed by atoms with Crippen LogP contribution in [-0.4, -0.2) is 5.78 Å². The molecule has 0 saturated carbocycles. The first-order chi connectivity index (χ1) is 9.95. The van der Waals surface area contributed by atoms with Crippen molar-refractivity contribution in [3.8, 4) is 0 Å². The van der Waals surface area contributed by atoms with E-state index in [4.69, 9.17) is 0 Å². The summed E-state index contributed by atoms with van der Waals surface area (Å²) >= 11 is 0. The van der Waals surface area contributed by atoms with Gasteiger partial charge in [-0.1, -0.05) is 44.2 Å². The third kappa shape index (κ3) is 3.65. The molecule has 22 heavy (non-hydrogen) atoms. The topological polar surface area (TPSA) is 17.1 Å². The van der Waals surface area contributed by atoms with E-state index in [0.29, 0.717) is 0 Å². The lowest BCUT2D eigenvalue weighted by molar-refractivity contribution is 0.102. The molecule has 0 radical (unpaired) electrons. The smallest absolute Gasteiger partial charge is 0.200 e. The number of carbonyl (C=O) groups excluding carboxylic acids is 1. The van der Waals surface area contributed by atoms with Gasteiger partial charge >= 0.3 is 0 Å². The molecule has 2 rings (SSSR count). The Labute approximate surface area is 131 Å². The molecule has 0 spiro atoms. The minimum Gasteiger partial charge on any atom is -0.288 e. The molecule has 0 aliphatic rings. The van der Waals surface area contributed by atoms with Crippen molar-refractivity contribution in [1.82, 2.24) is 0 Å². The minimum atomic E-state index is -2.29. The first-order valence-electron chi connectivity index (χ1n) is 6.06. The summed E-state index contributed by atoms with van der Waals surface area (Å²) in [5.41, 5.74) is -1.63. The van der Waals surface area contributed by atoms with Gasteiger partial charge in [0.05, 0.1) is 0 Å². The summed E-state index contributed by atoms with van der Waals surface area (Å²) in [4.78, 5) is 11.8. The molecule has 7 heteroatoms. The Hall–Kier alpha value is -1.89. The van der Waals surface area contributed by atoms with Crippen LogP contribution in [-0.2, 0) is 0 Å². The number of rotatable bonds is 2. The summed E-state index contributed by atoms with van der Waals surface area (Å²) in [5, 5.41) is 0. The van der Waals surface area contributed by atoms with E-state index in [9.17, 15) is 26.7 Å². The van der Waals surface area contributed by atoms with E-state index >= 15 is 0 Å². The lowest BCUT2D eigenvalue weighted by Crippen LogP contribution is -2.13. The second-order valence-corrected chi connectivity index (χ2v) is 3.64. The predicted molar refractivity (Wildman–Crippen MR) is 77.8 cm³/mol. The van der Waals surface area contributed by atoms with Crippen molar-refractivity contribution < 1.29 is 26.7 Å². The lowest BCUT2D eigenvalue weighted by atomic mass is 10.0. The summed E-state index contributed by atoms with van der Waals surface area (Å²) in [6.45, 7) is 4.00. The molecule has 0 saturated heterocycles. The van der Waals surface area contributed by atoms with E-state index in [1.165, 1.54) is 30.3 Å². The quantitative estimate of drug-likeness (QED) is 0.335. The first kappa shape index (κ1) is 20.1. The van der Waals surface area contributed by atoms with E-state index < -0.39 is 40.4 Å². The van der Waals surface area contributed by atoms with Crippen LogP contribution in [0.2, 0.25) is 0 Å². The van der Waals surface area contributed by atoms with Crippen LogP contribution in [0.3, 0.4) is 0 Å². The lowest BCUT2D eigenvalue weighted by Gasteiger charge is -2.07. The van der Waals surface area contributed by atoms with Crippen molar-refractivity contribution in [3.63, 3.8) is 0 Å². The standard InChI is InChI=1S/C13H5F5O.C2H6.H2S/c14-8-7(9(15)11(17)12(18)10(8)16)13(19)6-4-2-1-3-5-6;1-2;/h1-5H;1-2H3;1H2. The third-order valence-corrected chi connectivity index (χ3v) is 2.47. The van der Waals surface area contributed by atoms with Crippen molar-refractivity contribution in [3.05, 3.63) is 70.5 Å². The molecule has 0 atom stereocenters. The van der Waals surface area contributed by atoms with Crippen molar-refractivity contribution in [2.24, 2.45) is 0 Å². The van der Waals surface area contributed by atoms with Gasteiger partial charge in [-0.3, -0.25) is 4.79 Å². The van der Waals surface area contributed by atoms with Gasteiger partial charge < -0.3 is 0 Å². The average Bonchev–Trinajstić information content (AvgIpc) is 2.54. The van der Waals surface area contributed by atoms with E-state index in [2.05, 4.69) is 0 Å². The normalized spacial score (nSPS) is 9.41. The van der Waals surface area contributed by atoms with Crippen LogP contribution in [0.4, 0.5) is 22.0 Å². The zero-order valence-corrected chi connectivity index (χ0v) is 12.7. The molecule has 0 bridgehead atoms. The average molecular weight is 336 g/mol. The van der Waals surface area contributed by atoms with Crippen LogP contribution < -0.4 is 0 Å². The van der Waals surface area contributed by atoms with Gasteiger partial charge in [0.1, 0.15) is 5.56 Å². The number of hydrogen-bond donors (Lipinski definition) is 0. The van der Waals surface area contributed by atoms with Crippen LogP contribution in [0, 0.1) is 29.1 Å². The first-order valence-corrected chi connectivity index (χ1v) is 6.06. The highest BCUT2D eigenvalue weighted by atomic mass is 32.1. The SMILES string of the molecule is CC.O=C(c1ccccc1)c1c(F)c(F)c(F)c(F)c1F.S. The Morgan fingerprint density at radius 1 is 0.727 bits per heavy atom. The molecule has 0 heterocycles. The number of hydrogen-bond acceptors (Lipinski definition) is 1. The Balaban J connectivity index is 0.00000141. The van der Waals surface area contributed by atoms with Gasteiger partial charge in [-0.15, -0.1) is 0 Å². The van der Waals surface area contributed by atoms with Gasteiger partial charge in [-0.25, -0.2) is 22.0 Å². The molecule has 1 nitrogen and oxygen atoms in total. The van der Waals surface area contributed by atoms with Gasteiger partial charge in [0.25, 0.3) is 0 Å². The highest BCUT2D eigenvalue weighted by molar-refractivity contribution is 7.59. The van der Waals surface area contributed by atoms with Crippen LogP contribution >= 0.6 is 13.5 Å². The monoisotopic (exact) mass is 336 g/mol. The van der Waals surface area contributed by atoms with Crippen molar-refractivity contribution in [2.75, 3.05) is 0 Å². The second-order valence-electron chi connectivity index (χ2n) is 3.64. The van der Waals surface area contributed by atoms with Crippen LogP contribution in [0.1, 0.15) is 29.8 Å². The molecule has 2 aromatic rings. The molecular weight excluding hydrogens is 323 g/mol. The number of carbonyl (C=O) groups is 1. The summed E-state index contributed by atoms with van der Waals surface area (Å²) in [7, 11) is 0. The summed E-state index contributed by atoms with van der Waals surface area (Å²) in [6.07, 6.45) is 0. The van der Waals surface area contributed by atoms with Gasteiger partial charge in [0.2, 0.25) is 5.82 Å². The Morgan fingerprint density at radius 2 is 1.09 bits per heavy atom. The van der Waals surface area contributed by atoms with Crippen molar-refractivity contribution in [1.29, 1.82) is 0 Å². The molecule has 0 aliphatic heterocycles. The number of ketones is 1. The maximum Gasteiger partial charge on any atom is 0.200 e. The highest BCUT2D eigenvalue weighted by Crippen LogP contribution is 2.25. The van der Waals surface area contributed by atoms with Gasteiger partial charge in [0, 0.05) is 5.56 Å². The van der Waals surface area contributed by atoms with Crippen LogP contribution in [0.25, 0.3) is 0 Å². The van der Waals surface area contributed by atoms with E-state index in [1.54, 1.807) is 0 Å². The zero-order valence-electron chi connectivity index (χ0n) is 11.7. The predicted octanol–water partition coefficient (Wildman–Crippen LogP) is 4.75. The molecular formula is C15H13F5OS. The summed E-state index contributed by atoms with van der Waals surface area (Å²) < 4.78 is 65.5. The molecule has 0 N–H and O–H groups in total. The summed E-state index contributed by atoms with van der Waals surface area (Å²) in [5.74, 6) is -12.1. The Bertz CT molecular complexity index is 630. The Kier molecular flexibility index (Phi) is 7.80.